The molecule has 5 nitrogen and oxygen atoms in total. The highest BCUT2D eigenvalue weighted by Gasteiger charge is 2.17. The Morgan fingerprint density at radius 3 is 2.54 bits per heavy atom. The van der Waals surface area contributed by atoms with Gasteiger partial charge >= 0.3 is 0 Å². The van der Waals surface area contributed by atoms with Gasteiger partial charge < -0.3 is 5.32 Å². The zero-order valence-corrected chi connectivity index (χ0v) is 15.0. The maximum Gasteiger partial charge on any atom is 0.255 e. The molecule has 0 heterocycles. The van der Waals surface area contributed by atoms with Crippen molar-refractivity contribution in [1.82, 2.24) is 5.48 Å². The fraction of sp³-hybridized carbons (Fsp3) is 0.143. The summed E-state index contributed by atoms with van der Waals surface area (Å²) in [6, 6.07) is 16.4. The van der Waals surface area contributed by atoms with E-state index in [2.05, 4.69) is 10.8 Å². The molecule has 0 radical (unpaired) electrons. The van der Waals surface area contributed by atoms with Gasteiger partial charge in [0.2, 0.25) is 5.91 Å². The molecule has 0 fully saturated rings. The molecule has 7 heteroatoms. The number of halogens is 2. The normalized spacial score (nSPS) is 11.8. The third-order valence-corrected chi connectivity index (χ3v) is 4.14. The molecule has 3 rings (SSSR count). The van der Waals surface area contributed by atoms with Crippen LogP contribution < -0.4 is 10.8 Å². The molecule has 0 saturated heterocycles. The van der Waals surface area contributed by atoms with Gasteiger partial charge in [-0.25, -0.2) is 14.3 Å². The first-order valence-corrected chi connectivity index (χ1v) is 8.61. The summed E-state index contributed by atoms with van der Waals surface area (Å²) < 4.78 is 26.1. The molecular weight excluding hydrogens is 366 g/mol. The van der Waals surface area contributed by atoms with Gasteiger partial charge in [-0.2, -0.15) is 0 Å². The Morgan fingerprint density at radius 2 is 1.75 bits per heavy atom. The molecule has 3 aromatic carbocycles. The molecule has 144 valence electrons. The largest absolute Gasteiger partial charge is 0.324 e. The lowest BCUT2D eigenvalue weighted by atomic mass is 10.0. The first kappa shape index (κ1) is 19.4. The molecule has 28 heavy (non-hydrogen) atoms. The average Bonchev–Trinajstić information content (AvgIpc) is 2.69. The van der Waals surface area contributed by atoms with Crippen molar-refractivity contribution >= 4 is 28.3 Å². The van der Waals surface area contributed by atoms with Crippen LogP contribution in [0.5, 0.6) is 0 Å². The summed E-state index contributed by atoms with van der Waals surface area (Å²) in [5.74, 6) is -3.11. The summed E-state index contributed by atoms with van der Waals surface area (Å²) in [6.45, 7) is 1.42. The van der Waals surface area contributed by atoms with E-state index in [1.165, 1.54) is 13.0 Å². The smallest absolute Gasteiger partial charge is 0.255 e. The molecule has 0 bridgehead atoms. The van der Waals surface area contributed by atoms with E-state index < -0.39 is 29.6 Å². The number of fused-ring (bicyclic) bond motifs is 1. The van der Waals surface area contributed by atoms with Crippen molar-refractivity contribution in [1.29, 1.82) is 0 Å². The number of hydrogen-bond donors (Lipinski definition) is 2. The fourth-order valence-electron chi connectivity index (χ4n) is 2.68. The summed E-state index contributed by atoms with van der Waals surface area (Å²) in [5, 5.41) is 4.37. The Balaban J connectivity index is 1.54. The van der Waals surface area contributed by atoms with Crippen LogP contribution in [-0.4, -0.2) is 17.9 Å². The van der Waals surface area contributed by atoms with E-state index in [4.69, 9.17) is 4.84 Å². The van der Waals surface area contributed by atoms with Crippen LogP contribution in [0.15, 0.2) is 60.7 Å². The van der Waals surface area contributed by atoms with Gasteiger partial charge in [-0.3, -0.25) is 14.4 Å². The second-order valence-electron chi connectivity index (χ2n) is 6.22. The minimum Gasteiger partial charge on any atom is -0.324 e. The van der Waals surface area contributed by atoms with Crippen molar-refractivity contribution in [2.75, 3.05) is 5.32 Å². The highest BCUT2D eigenvalue weighted by atomic mass is 19.2. The summed E-state index contributed by atoms with van der Waals surface area (Å²) >= 11 is 0. The lowest BCUT2D eigenvalue weighted by Crippen LogP contribution is -2.36. The number of benzene rings is 3. The summed E-state index contributed by atoms with van der Waals surface area (Å²) in [4.78, 5) is 29.3. The van der Waals surface area contributed by atoms with Crippen LogP contribution in [0.25, 0.3) is 10.8 Å². The highest BCUT2D eigenvalue weighted by molar-refractivity contribution is 5.94. The summed E-state index contributed by atoms with van der Waals surface area (Å²) in [5.41, 5.74) is 3.17. The number of hydrogen-bond acceptors (Lipinski definition) is 3. The highest BCUT2D eigenvalue weighted by Crippen LogP contribution is 2.19. The topological polar surface area (TPSA) is 67.4 Å². The number of hydroxylamine groups is 1. The van der Waals surface area contributed by atoms with Gasteiger partial charge in [-0.05, 0) is 35.4 Å². The molecule has 0 aliphatic rings. The van der Waals surface area contributed by atoms with Gasteiger partial charge in [0.05, 0.1) is 6.42 Å². The first-order chi connectivity index (χ1) is 13.4. The lowest BCUT2D eigenvalue weighted by molar-refractivity contribution is -0.143. The van der Waals surface area contributed by atoms with Crippen LogP contribution in [-0.2, 0) is 20.8 Å². The Hall–Kier alpha value is -3.32. The molecule has 0 saturated carbocycles. The van der Waals surface area contributed by atoms with Crippen LogP contribution in [0.3, 0.4) is 0 Å². The van der Waals surface area contributed by atoms with Crippen molar-refractivity contribution in [2.45, 2.75) is 19.4 Å². The van der Waals surface area contributed by atoms with Gasteiger partial charge in [-0.1, -0.05) is 42.5 Å². The fourth-order valence-corrected chi connectivity index (χ4v) is 2.68. The van der Waals surface area contributed by atoms with Crippen molar-refractivity contribution < 1.29 is 23.2 Å². The maximum atomic E-state index is 13.2. The molecule has 0 aliphatic heterocycles. The van der Waals surface area contributed by atoms with Crippen molar-refractivity contribution in [3.63, 3.8) is 0 Å². The summed E-state index contributed by atoms with van der Waals surface area (Å²) in [6.07, 6.45) is -0.955. The first-order valence-electron chi connectivity index (χ1n) is 8.61. The predicted molar refractivity (Wildman–Crippen MR) is 101 cm³/mol. The van der Waals surface area contributed by atoms with Gasteiger partial charge in [0.15, 0.2) is 17.7 Å². The monoisotopic (exact) mass is 384 g/mol. The quantitative estimate of drug-likeness (QED) is 0.637. The van der Waals surface area contributed by atoms with E-state index in [1.807, 2.05) is 42.5 Å². The summed E-state index contributed by atoms with van der Waals surface area (Å²) in [7, 11) is 0. The van der Waals surface area contributed by atoms with Crippen LogP contribution in [0, 0.1) is 11.6 Å². The molecule has 0 spiro atoms. The number of carbonyl (C=O) groups is 2. The molecule has 1 unspecified atom stereocenters. The average molecular weight is 384 g/mol. The third-order valence-electron chi connectivity index (χ3n) is 4.14. The van der Waals surface area contributed by atoms with E-state index in [9.17, 15) is 18.4 Å². The molecule has 0 aliphatic carbocycles. The van der Waals surface area contributed by atoms with Gasteiger partial charge in [0.1, 0.15) is 0 Å². The van der Waals surface area contributed by atoms with E-state index >= 15 is 0 Å². The molecule has 1 atom stereocenters. The van der Waals surface area contributed by atoms with E-state index in [0.717, 1.165) is 28.5 Å². The van der Waals surface area contributed by atoms with Crippen LogP contribution in [0.4, 0.5) is 14.5 Å². The molecular formula is C21H18F2N2O3. The number of carbonyl (C=O) groups excluding carboxylic acids is 2. The second kappa shape index (κ2) is 8.58. The Bertz CT molecular complexity index is 1020. The second-order valence-corrected chi connectivity index (χ2v) is 6.22. The Labute approximate surface area is 160 Å². The van der Waals surface area contributed by atoms with Crippen molar-refractivity contribution in [3.8, 4) is 0 Å². The number of rotatable bonds is 6. The molecule has 2 N–H and O–H groups in total. The number of anilines is 1. The molecule has 3 aromatic rings. The molecule has 2 amide bonds. The minimum atomic E-state index is -1.07. The van der Waals surface area contributed by atoms with Crippen molar-refractivity contribution in [3.05, 3.63) is 77.9 Å². The van der Waals surface area contributed by atoms with Crippen LogP contribution in [0.1, 0.15) is 12.5 Å². The van der Waals surface area contributed by atoms with E-state index in [1.54, 1.807) is 0 Å². The number of amides is 2. The van der Waals surface area contributed by atoms with Crippen LogP contribution in [0.2, 0.25) is 0 Å². The van der Waals surface area contributed by atoms with E-state index in [0.29, 0.717) is 0 Å². The van der Waals surface area contributed by atoms with E-state index in [-0.39, 0.29) is 12.1 Å². The zero-order valence-electron chi connectivity index (χ0n) is 15.0. The zero-order chi connectivity index (χ0) is 20.1. The maximum absolute atomic E-state index is 13.2. The van der Waals surface area contributed by atoms with Crippen molar-refractivity contribution in [2.24, 2.45) is 0 Å². The van der Waals surface area contributed by atoms with Gasteiger partial charge in [-0.15, -0.1) is 0 Å². The van der Waals surface area contributed by atoms with Crippen LogP contribution >= 0.6 is 0 Å². The van der Waals surface area contributed by atoms with Gasteiger partial charge in [0, 0.05) is 11.8 Å². The minimum absolute atomic E-state index is 0.0822. The Kier molecular flexibility index (Phi) is 5.96. The number of nitrogens with one attached hydrogen (secondary N) is 2. The standard InChI is InChI=1S/C21H18F2N2O3/c1-13(21(27)24-16-9-10-18(22)19(23)12-16)28-25-20(26)11-15-7-4-6-14-5-2-3-8-17(14)15/h2-10,12-13H,11H2,1H3,(H,24,27)(H,25,26). The predicted octanol–water partition coefficient (Wildman–Crippen LogP) is 3.74. The third kappa shape index (κ3) is 4.69. The lowest BCUT2D eigenvalue weighted by Gasteiger charge is -2.14. The molecule has 0 aromatic heterocycles. The Morgan fingerprint density at radius 1 is 1.00 bits per heavy atom. The SMILES string of the molecule is CC(ONC(=O)Cc1cccc2ccccc12)C(=O)Nc1ccc(F)c(F)c1. The van der Waals surface area contributed by atoms with Gasteiger partial charge in [0.25, 0.3) is 5.91 Å².